The lowest BCUT2D eigenvalue weighted by molar-refractivity contribution is 0.104. The molecule has 0 saturated carbocycles. The lowest BCUT2D eigenvalue weighted by Gasteiger charge is -2.00. The molecule has 0 heterocycles. The first-order valence-electron chi connectivity index (χ1n) is 5.58. The van der Waals surface area contributed by atoms with Crippen LogP contribution in [0.25, 0.3) is 0 Å². The maximum atomic E-state index is 11.8. The Morgan fingerprint density at radius 3 is 2.39 bits per heavy atom. The first-order valence-corrected chi connectivity index (χ1v) is 5.58. The molecule has 18 heavy (non-hydrogen) atoms. The van der Waals surface area contributed by atoms with Crippen LogP contribution in [0, 0.1) is 0 Å². The third-order valence-corrected chi connectivity index (χ3v) is 2.43. The molecule has 2 rings (SSSR count). The Balaban J connectivity index is 2.02. The standard InChI is InChI=1S/C15H13NO2/c17-14-9-5-4-8-13(14)15(18)10-11-16-12-6-2-1-3-7-12/h1-11,16-17H/b11-10-. The summed E-state index contributed by atoms with van der Waals surface area (Å²) in [6.45, 7) is 0. The van der Waals surface area contributed by atoms with Crippen molar-refractivity contribution < 1.29 is 9.90 Å². The Labute approximate surface area is 105 Å². The molecule has 2 N–H and O–H groups in total. The molecule has 0 bridgehead atoms. The van der Waals surface area contributed by atoms with Crippen LogP contribution in [0.3, 0.4) is 0 Å². The van der Waals surface area contributed by atoms with Crippen LogP contribution in [0.5, 0.6) is 5.75 Å². The second-order valence-electron chi connectivity index (χ2n) is 3.73. The van der Waals surface area contributed by atoms with Crippen LogP contribution in [-0.2, 0) is 0 Å². The van der Waals surface area contributed by atoms with Crippen molar-refractivity contribution in [2.75, 3.05) is 5.32 Å². The molecule has 0 amide bonds. The summed E-state index contributed by atoms with van der Waals surface area (Å²) in [5.74, 6) is -0.247. The Morgan fingerprint density at radius 2 is 1.67 bits per heavy atom. The number of allylic oxidation sites excluding steroid dienone is 1. The Morgan fingerprint density at radius 1 is 1.00 bits per heavy atom. The van der Waals surface area contributed by atoms with Gasteiger partial charge in [-0.1, -0.05) is 30.3 Å². The largest absolute Gasteiger partial charge is 0.507 e. The van der Waals surface area contributed by atoms with Gasteiger partial charge in [0.25, 0.3) is 0 Å². The normalized spacial score (nSPS) is 10.4. The van der Waals surface area contributed by atoms with Gasteiger partial charge in [0.05, 0.1) is 5.56 Å². The molecule has 2 aromatic carbocycles. The SMILES string of the molecule is O=C(/C=C\Nc1ccccc1)c1ccccc1O. The van der Waals surface area contributed by atoms with E-state index < -0.39 is 0 Å². The fourth-order valence-corrected chi connectivity index (χ4v) is 1.52. The zero-order valence-corrected chi connectivity index (χ0v) is 9.71. The zero-order chi connectivity index (χ0) is 12.8. The van der Waals surface area contributed by atoms with Gasteiger partial charge in [-0.3, -0.25) is 4.79 Å². The highest BCUT2D eigenvalue weighted by Crippen LogP contribution is 2.16. The van der Waals surface area contributed by atoms with E-state index in [1.165, 1.54) is 12.1 Å². The number of ketones is 1. The van der Waals surface area contributed by atoms with E-state index in [2.05, 4.69) is 5.32 Å². The molecular formula is C15H13NO2. The van der Waals surface area contributed by atoms with Crippen LogP contribution in [0.4, 0.5) is 5.69 Å². The maximum absolute atomic E-state index is 11.8. The molecule has 0 aliphatic rings. The molecule has 0 radical (unpaired) electrons. The van der Waals surface area contributed by atoms with Gasteiger partial charge in [-0.15, -0.1) is 0 Å². The van der Waals surface area contributed by atoms with Crippen molar-refractivity contribution in [3.05, 3.63) is 72.4 Å². The van der Waals surface area contributed by atoms with Crippen LogP contribution in [-0.4, -0.2) is 10.9 Å². The minimum absolute atomic E-state index is 0.00754. The number of aromatic hydroxyl groups is 1. The smallest absolute Gasteiger partial charge is 0.190 e. The van der Waals surface area contributed by atoms with E-state index >= 15 is 0 Å². The maximum Gasteiger partial charge on any atom is 0.190 e. The molecule has 2 aromatic rings. The van der Waals surface area contributed by atoms with Crippen molar-refractivity contribution in [2.24, 2.45) is 0 Å². The highest BCUT2D eigenvalue weighted by molar-refractivity contribution is 6.06. The van der Waals surface area contributed by atoms with Crippen molar-refractivity contribution in [3.63, 3.8) is 0 Å². The number of hydrogen-bond donors (Lipinski definition) is 2. The number of carbonyl (C=O) groups is 1. The van der Waals surface area contributed by atoms with Gasteiger partial charge in [0.2, 0.25) is 0 Å². The number of nitrogens with one attached hydrogen (secondary N) is 1. The van der Waals surface area contributed by atoms with Gasteiger partial charge in [-0.25, -0.2) is 0 Å². The molecule has 0 aliphatic carbocycles. The number of anilines is 1. The number of carbonyl (C=O) groups excluding carboxylic acids is 1. The molecule has 0 atom stereocenters. The quantitative estimate of drug-likeness (QED) is 0.636. The van der Waals surface area contributed by atoms with Crippen LogP contribution in [0.15, 0.2) is 66.9 Å². The van der Waals surface area contributed by atoms with Crippen LogP contribution < -0.4 is 5.32 Å². The summed E-state index contributed by atoms with van der Waals surface area (Å²) < 4.78 is 0. The third-order valence-electron chi connectivity index (χ3n) is 2.43. The molecule has 90 valence electrons. The first-order chi connectivity index (χ1) is 8.77. The van der Waals surface area contributed by atoms with E-state index in [0.717, 1.165) is 5.69 Å². The Hall–Kier alpha value is -2.55. The van der Waals surface area contributed by atoms with Crippen LogP contribution in [0.2, 0.25) is 0 Å². The van der Waals surface area contributed by atoms with Crippen molar-refractivity contribution in [3.8, 4) is 5.75 Å². The van der Waals surface area contributed by atoms with E-state index in [1.54, 1.807) is 24.4 Å². The molecular weight excluding hydrogens is 226 g/mol. The van der Waals surface area contributed by atoms with E-state index in [0.29, 0.717) is 5.56 Å². The minimum Gasteiger partial charge on any atom is -0.507 e. The number of hydrogen-bond acceptors (Lipinski definition) is 3. The van der Waals surface area contributed by atoms with E-state index in [9.17, 15) is 9.90 Å². The summed E-state index contributed by atoms with van der Waals surface area (Å²) in [6, 6.07) is 16.0. The summed E-state index contributed by atoms with van der Waals surface area (Å²) in [7, 11) is 0. The molecule has 0 unspecified atom stereocenters. The fourth-order valence-electron chi connectivity index (χ4n) is 1.52. The van der Waals surface area contributed by atoms with Crippen molar-refractivity contribution in [1.82, 2.24) is 0 Å². The summed E-state index contributed by atoms with van der Waals surface area (Å²) in [4.78, 5) is 11.8. The van der Waals surface area contributed by atoms with Crippen LogP contribution in [0.1, 0.15) is 10.4 Å². The summed E-state index contributed by atoms with van der Waals surface area (Å²) >= 11 is 0. The molecule has 0 aromatic heterocycles. The summed E-state index contributed by atoms with van der Waals surface area (Å²) in [5.41, 5.74) is 1.20. The predicted molar refractivity (Wildman–Crippen MR) is 71.6 cm³/mol. The molecule has 3 heteroatoms. The average molecular weight is 239 g/mol. The number of rotatable bonds is 4. The van der Waals surface area contributed by atoms with Gasteiger partial charge in [0.15, 0.2) is 5.78 Å². The lowest BCUT2D eigenvalue weighted by atomic mass is 10.1. The van der Waals surface area contributed by atoms with E-state index in [4.69, 9.17) is 0 Å². The number of phenols is 1. The third kappa shape index (κ3) is 2.98. The highest BCUT2D eigenvalue weighted by atomic mass is 16.3. The highest BCUT2D eigenvalue weighted by Gasteiger charge is 2.05. The van der Waals surface area contributed by atoms with E-state index in [-0.39, 0.29) is 11.5 Å². The molecule has 0 aliphatic heterocycles. The molecule has 0 spiro atoms. The molecule has 0 fully saturated rings. The second kappa shape index (κ2) is 5.68. The van der Waals surface area contributed by atoms with Crippen LogP contribution >= 0.6 is 0 Å². The monoisotopic (exact) mass is 239 g/mol. The predicted octanol–water partition coefficient (Wildman–Crippen LogP) is 3.20. The zero-order valence-electron chi connectivity index (χ0n) is 9.71. The van der Waals surface area contributed by atoms with Crippen molar-refractivity contribution >= 4 is 11.5 Å². The van der Waals surface area contributed by atoms with Crippen molar-refractivity contribution in [2.45, 2.75) is 0 Å². The summed E-state index contributed by atoms with van der Waals surface area (Å²) in [6.07, 6.45) is 2.95. The topological polar surface area (TPSA) is 49.3 Å². The van der Waals surface area contributed by atoms with Gasteiger partial charge < -0.3 is 10.4 Å². The van der Waals surface area contributed by atoms with Crippen molar-refractivity contribution in [1.29, 1.82) is 0 Å². The number of para-hydroxylation sites is 2. The van der Waals surface area contributed by atoms with Gasteiger partial charge in [-0.2, -0.15) is 0 Å². The fraction of sp³-hybridized carbons (Fsp3) is 0. The molecule has 3 nitrogen and oxygen atoms in total. The Kier molecular flexibility index (Phi) is 3.76. The van der Waals surface area contributed by atoms with E-state index in [1.807, 2.05) is 30.3 Å². The number of phenolic OH excluding ortho intramolecular Hbond substituents is 1. The van der Waals surface area contributed by atoms with Gasteiger partial charge in [-0.05, 0) is 24.3 Å². The Bertz CT molecular complexity index is 562. The summed E-state index contributed by atoms with van der Waals surface area (Å²) in [5, 5.41) is 12.5. The minimum atomic E-state index is -0.239. The van der Waals surface area contributed by atoms with Gasteiger partial charge >= 0.3 is 0 Å². The van der Waals surface area contributed by atoms with Gasteiger partial charge in [0.1, 0.15) is 5.75 Å². The van der Waals surface area contributed by atoms with Gasteiger partial charge in [0, 0.05) is 18.0 Å². The first kappa shape index (κ1) is 11.9. The lowest BCUT2D eigenvalue weighted by Crippen LogP contribution is -1.96. The average Bonchev–Trinajstić information content (AvgIpc) is 2.40. The molecule has 0 saturated heterocycles. The number of benzene rings is 2. The second-order valence-corrected chi connectivity index (χ2v) is 3.73.